The summed E-state index contributed by atoms with van der Waals surface area (Å²) in [6.07, 6.45) is 3.38. The zero-order valence-electron chi connectivity index (χ0n) is 12.5. The van der Waals surface area contributed by atoms with Gasteiger partial charge in [-0.2, -0.15) is 0 Å². The molecule has 0 aliphatic heterocycles. The maximum atomic E-state index is 6.00. The lowest BCUT2D eigenvalue weighted by molar-refractivity contribution is 0.199. The van der Waals surface area contributed by atoms with Crippen molar-refractivity contribution in [2.45, 2.75) is 32.3 Å². The van der Waals surface area contributed by atoms with Crippen molar-refractivity contribution in [3.8, 4) is 11.5 Å². The van der Waals surface area contributed by atoms with Crippen molar-refractivity contribution in [3.63, 3.8) is 0 Å². The molecule has 0 aliphatic rings. The van der Waals surface area contributed by atoms with Gasteiger partial charge in [0.1, 0.15) is 0 Å². The second kappa shape index (κ2) is 8.08. The molecule has 0 N–H and O–H groups in total. The summed E-state index contributed by atoms with van der Waals surface area (Å²) in [4.78, 5) is 0. The quantitative estimate of drug-likeness (QED) is 0.680. The summed E-state index contributed by atoms with van der Waals surface area (Å²) in [5.74, 6) is 1.56. The minimum absolute atomic E-state index is 0.164. The Balaban J connectivity index is 1.84. The van der Waals surface area contributed by atoms with Gasteiger partial charge in [-0.1, -0.05) is 46.3 Å². The Morgan fingerprint density at radius 2 is 1.81 bits per heavy atom. The monoisotopic (exact) mass is 348 g/mol. The number of halogens is 1. The molecule has 0 heterocycles. The highest BCUT2D eigenvalue weighted by Crippen LogP contribution is 2.31. The molecule has 2 aromatic rings. The molecule has 0 saturated carbocycles. The van der Waals surface area contributed by atoms with Gasteiger partial charge in [0, 0.05) is 4.47 Å². The fourth-order valence-electron chi connectivity index (χ4n) is 2.26. The third-order valence-electron chi connectivity index (χ3n) is 3.37. The van der Waals surface area contributed by atoms with Crippen molar-refractivity contribution in [2.75, 3.05) is 7.11 Å². The van der Waals surface area contributed by atoms with Gasteiger partial charge in [-0.05, 0) is 49.9 Å². The van der Waals surface area contributed by atoms with E-state index in [1.54, 1.807) is 7.11 Å². The van der Waals surface area contributed by atoms with Gasteiger partial charge in [0.2, 0.25) is 0 Å². The van der Waals surface area contributed by atoms with E-state index >= 15 is 0 Å². The molecule has 2 nitrogen and oxygen atoms in total. The lowest BCUT2D eigenvalue weighted by Gasteiger charge is -2.17. The topological polar surface area (TPSA) is 18.5 Å². The summed E-state index contributed by atoms with van der Waals surface area (Å²) in [5, 5.41) is 0. The number of aryl methyl sites for hydroxylation is 1. The Morgan fingerprint density at radius 3 is 2.52 bits per heavy atom. The molecule has 0 unspecified atom stereocenters. The molecule has 0 fully saturated rings. The van der Waals surface area contributed by atoms with E-state index in [4.69, 9.17) is 9.47 Å². The van der Waals surface area contributed by atoms with Crippen molar-refractivity contribution in [3.05, 3.63) is 58.6 Å². The summed E-state index contributed by atoms with van der Waals surface area (Å²) < 4.78 is 12.3. The average molecular weight is 349 g/mol. The van der Waals surface area contributed by atoms with Crippen molar-refractivity contribution < 1.29 is 9.47 Å². The smallest absolute Gasteiger partial charge is 0.162 e. The first-order chi connectivity index (χ1) is 10.2. The van der Waals surface area contributed by atoms with Crippen molar-refractivity contribution in [1.82, 2.24) is 0 Å². The molecular weight excluding hydrogens is 328 g/mol. The first kappa shape index (κ1) is 15.9. The zero-order chi connectivity index (χ0) is 15.1. The maximum Gasteiger partial charge on any atom is 0.162 e. The summed E-state index contributed by atoms with van der Waals surface area (Å²) in [6.45, 7) is 2.10. The average Bonchev–Trinajstić information content (AvgIpc) is 2.48. The second-order valence-corrected chi connectivity index (χ2v) is 6.02. The molecule has 3 heteroatoms. The van der Waals surface area contributed by atoms with Gasteiger partial charge < -0.3 is 9.47 Å². The minimum Gasteiger partial charge on any atom is -0.493 e. The van der Waals surface area contributed by atoms with E-state index in [1.807, 2.05) is 18.2 Å². The molecule has 112 valence electrons. The second-order valence-electron chi connectivity index (χ2n) is 5.10. The molecule has 0 aromatic heterocycles. The molecule has 2 rings (SSSR count). The summed E-state index contributed by atoms with van der Waals surface area (Å²) in [5.41, 5.74) is 1.38. The highest BCUT2D eigenvalue weighted by Gasteiger charge is 2.09. The third kappa shape index (κ3) is 5.09. The van der Waals surface area contributed by atoms with Crippen LogP contribution in [-0.4, -0.2) is 13.2 Å². The summed E-state index contributed by atoms with van der Waals surface area (Å²) in [7, 11) is 1.66. The molecule has 1 atom stereocenters. The van der Waals surface area contributed by atoms with Crippen LogP contribution in [0.4, 0.5) is 0 Å². The normalized spacial score (nSPS) is 12.0. The van der Waals surface area contributed by atoms with Crippen molar-refractivity contribution in [1.29, 1.82) is 0 Å². The first-order valence-electron chi connectivity index (χ1n) is 7.23. The summed E-state index contributed by atoms with van der Waals surface area (Å²) in [6, 6.07) is 16.4. The van der Waals surface area contributed by atoms with Gasteiger partial charge in [-0.3, -0.25) is 0 Å². The third-order valence-corrected chi connectivity index (χ3v) is 3.87. The predicted octanol–water partition coefficient (Wildman–Crippen LogP) is 5.25. The Morgan fingerprint density at radius 1 is 1.05 bits per heavy atom. The van der Waals surface area contributed by atoms with E-state index in [1.165, 1.54) is 5.56 Å². The van der Waals surface area contributed by atoms with E-state index in [0.717, 1.165) is 35.2 Å². The molecule has 0 amide bonds. The molecule has 0 bridgehead atoms. The molecule has 0 spiro atoms. The van der Waals surface area contributed by atoms with Gasteiger partial charge in [-0.25, -0.2) is 0 Å². The Hall–Kier alpha value is -1.48. The van der Waals surface area contributed by atoms with Crippen LogP contribution in [0.2, 0.25) is 0 Å². The number of ether oxygens (including phenoxy) is 2. The van der Waals surface area contributed by atoms with Crippen LogP contribution < -0.4 is 9.47 Å². The van der Waals surface area contributed by atoms with Crippen molar-refractivity contribution in [2.24, 2.45) is 0 Å². The van der Waals surface area contributed by atoms with Gasteiger partial charge in [0.05, 0.1) is 13.2 Å². The number of benzene rings is 2. The van der Waals surface area contributed by atoms with E-state index in [-0.39, 0.29) is 6.10 Å². The molecule has 0 aliphatic carbocycles. The van der Waals surface area contributed by atoms with Gasteiger partial charge in [0.25, 0.3) is 0 Å². The molecule has 21 heavy (non-hydrogen) atoms. The fraction of sp³-hybridized carbons (Fsp3) is 0.333. The van der Waals surface area contributed by atoms with Crippen LogP contribution in [0, 0.1) is 0 Å². The van der Waals surface area contributed by atoms with E-state index in [2.05, 4.69) is 53.2 Å². The standard InChI is InChI=1S/C18H21BrO2/c1-14(7-6-10-15-8-4-3-5-9-15)21-18-13-16(19)11-12-17(18)20-2/h3-5,8-9,11-14H,6-7,10H2,1-2H3/t14-/m1/s1. The number of methoxy groups -OCH3 is 1. The zero-order valence-corrected chi connectivity index (χ0v) is 14.1. The fourth-order valence-corrected chi connectivity index (χ4v) is 2.60. The summed E-state index contributed by atoms with van der Waals surface area (Å²) >= 11 is 3.46. The van der Waals surface area contributed by atoms with Crippen LogP contribution >= 0.6 is 15.9 Å². The van der Waals surface area contributed by atoms with Crippen LogP contribution in [-0.2, 0) is 6.42 Å². The van der Waals surface area contributed by atoms with E-state index < -0.39 is 0 Å². The van der Waals surface area contributed by atoms with E-state index in [9.17, 15) is 0 Å². The van der Waals surface area contributed by atoms with Crippen LogP contribution in [0.3, 0.4) is 0 Å². The largest absolute Gasteiger partial charge is 0.493 e. The molecule has 0 radical (unpaired) electrons. The van der Waals surface area contributed by atoms with Gasteiger partial charge in [-0.15, -0.1) is 0 Å². The first-order valence-corrected chi connectivity index (χ1v) is 8.02. The highest BCUT2D eigenvalue weighted by atomic mass is 79.9. The van der Waals surface area contributed by atoms with Crippen molar-refractivity contribution >= 4 is 15.9 Å². The van der Waals surface area contributed by atoms with Crippen LogP contribution in [0.15, 0.2) is 53.0 Å². The SMILES string of the molecule is COc1ccc(Br)cc1O[C@H](C)CCCc1ccccc1. The number of hydrogen-bond acceptors (Lipinski definition) is 2. The lowest BCUT2D eigenvalue weighted by atomic mass is 10.1. The van der Waals surface area contributed by atoms with E-state index in [0.29, 0.717) is 0 Å². The molecular formula is C18H21BrO2. The molecule has 2 aromatic carbocycles. The highest BCUT2D eigenvalue weighted by molar-refractivity contribution is 9.10. The van der Waals surface area contributed by atoms with Gasteiger partial charge >= 0.3 is 0 Å². The van der Waals surface area contributed by atoms with Crippen LogP contribution in [0.25, 0.3) is 0 Å². The Labute approximate surface area is 135 Å². The number of hydrogen-bond donors (Lipinski definition) is 0. The number of rotatable bonds is 7. The predicted molar refractivity (Wildman–Crippen MR) is 90.2 cm³/mol. The maximum absolute atomic E-state index is 6.00. The lowest BCUT2D eigenvalue weighted by Crippen LogP contribution is -2.12. The van der Waals surface area contributed by atoms with Gasteiger partial charge in [0.15, 0.2) is 11.5 Å². The molecule has 0 saturated heterocycles. The Bertz CT molecular complexity index is 554. The minimum atomic E-state index is 0.164. The van der Waals surface area contributed by atoms with Crippen LogP contribution in [0.5, 0.6) is 11.5 Å². The van der Waals surface area contributed by atoms with Crippen LogP contribution in [0.1, 0.15) is 25.3 Å². The Kier molecular flexibility index (Phi) is 6.12.